The molecule has 0 amide bonds. The van der Waals surface area contributed by atoms with Crippen LogP contribution in [0.15, 0.2) is 36.4 Å². The van der Waals surface area contributed by atoms with E-state index >= 15 is 0 Å². The lowest BCUT2D eigenvalue weighted by Crippen LogP contribution is -2.16. The summed E-state index contributed by atoms with van der Waals surface area (Å²) in [5.74, 6) is 0. The van der Waals surface area contributed by atoms with Gasteiger partial charge in [-0.15, -0.1) is 0 Å². The number of aryl methyl sites for hydroxylation is 3. The summed E-state index contributed by atoms with van der Waals surface area (Å²) in [4.78, 5) is 0. The molecule has 0 bridgehead atoms. The quantitative estimate of drug-likeness (QED) is 0.862. The Kier molecular flexibility index (Phi) is 4.74. The van der Waals surface area contributed by atoms with Crippen LogP contribution in [0, 0.1) is 6.92 Å². The van der Waals surface area contributed by atoms with Crippen LogP contribution in [0.3, 0.4) is 0 Å². The Hall–Kier alpha value is -1.61. The minimum absolute atomic E-state index is 0.440. The molecule has 1 N–H and O–H groups in total. The summed E-state index contributed by atoms with van der Waals surface area (Å²) in [7, 11) is 4.06. The first-order valence-electron chi connectivity index (χ1n) is 6.92. The number of hydrogen-bond acceptors (Lipinski definition) is 2. The average Bonchev–Trinajstić information content (AvgIpc) is 2.74. The third kappa shape index (κ3) is 3.67. The van der Waals surface area contributed by atoms with Gasteiger partial charge in [0.2, 0.25) is 0 Å². The Balaban J connectivity index is 1.89. The molecule has 1 aromatic carbocycles. The van der Waals surface area contributed by atoms with E-state index in [1.165, 1.54) is 17.7 Å². The molecule has 0 aliphatic rings. The van der Waals surface area contributed by atoms with Gasteiger partial charge in [-0.25, -0.2) is 0 Å². The molecule has 2 aromatic rings. The molecular formula is C16H23N3. The molecule has 2 rings (SSSR count). The maximum atomic E-state index is 4.39. The van der Waals surface area contributed by atoms with Gasteiger partial charge in [0.05, 0.1) is 5.69 Å². The number of aromatic nitrogens is 2. The zero-order valence-corrected chi connectivity index (χ0v) is 12.1. The number of hydrogen-bond donors (Lipinski definition) is 1. The fourth-order valence-electron chi connectivity index (χ4n) is 2.55. The monoisotopic (exact) mass is 257 g/mol. The van der Waals surface area contributed by atoms with Crippen molar-refractivity contribution in [1.29, 1.82) is 0 Å². The van der Waals surface area contributed by atoms with Crippen LogP contribution in [-0.2, 0) is 13.5 Å². The van der Waals surface area contributed by atoms with Gasteiger partial charge in [0, 0.05) is 18.8 Å². The highest BCUT2D eigenvalue weighted by Crippen LogP contribution is 2.19. The van der Waals surface area contributed by atoms with Crippen molar-refractivity contribution in [2.24, 2.45) is 7.05 Å². The molecule has 19 heavy (non-hydrogen) atoms. The molecule has 1 atom stereocenters. The molecule has 1 heterocycles. The molecule has 3 nitrogen and oxygen atoms in total. The normalized spacial score (nSPS) is 12.6. The largest absolute Gasteiger partial charge is 0.313 e. The molecule has 1 unspecified atom stereocenters. The van der Waals surface area contributed by atoms with E-state index in [0.29, 0.717) is 6.04 Å². The molecular weight excluding hydrogens is 234 g/mol. The Bertz CT molecular complexity index is 502. The van der Waals surface area contributed by atoms with Crippen molar-refractivity contribution in [3.63, 3.8) is 0 Å². The molecule has 0 aliphatic heterocycles. The van der Waals surface area contributed by atoms with Crippen LogP contribution in [0.5, 0.6) is 0 Å². The van der Waals surface area contributed by atoms with E-state index < -0.39 is 0 Å². The Morgan fingerprint density at radius 1 is 1.26 bits per heavy atom. The van der Waals surface area contributed by atoms with Crippen molar-refractivity contribution in [3.05, 3.63) is 53.3 Å². The number of rotatable bonds is 6. The highest BCUT2D eigenvalue weighted by atomic mass is 15.3. The molecule has 3 heteroatoms. The molecule has 0 saturated heterocycles. The third-order valence-electron chi connectivity index (χ3n) is 3.58. The number of benzene rings is 1. The Morgan fingerprint density at radius 3 is 2.58 bits per heavy atom. The van der Waals surface area contributed by atoms with Gasteiger partial charge in [-0.2, -0.15) is 5.10 Å². The van der Waals surface area contributed by atoms with Crippen molar-refractivity contribution >= 4 is 0 Å². The summed E-state index contributed by atoms with van der Waals surface area (Å²) in [5, 5.41) is 7.79. The van der Waals surface area contributed by atoms with Gasteiger partial charge in [0.15, 0.2) is 0 Å². The maximum absolute atomic E-state index is 4.39. The van der Waals surface area contributed by atoms with Crippen molar-refractivity contribution < 1.29 is 0 Å². The van der Waals surface area contributed by atoms with Crippen LogP contribution >= 0.6 is 0 Å². The van der Waals surface area contributed by atoms with Gasteiger partial charge >= 0.3 is 0 Å². The van der Waals surface area contributed by atoms with Gasteiger partial charge in [-0.05, 0) is 44.9 Å². The lowest BCUT2D eigenvalue weighted by atomic mass is 10.0. The molecule has 102 valence electrons. The summed E-state index contributed by atoms with van der Waals surface area (Å²) >= 11 is 0. The Morgan fingerprint density at radius 2 is 2.00 bits per heavy atom. The molecule has 0 aliphatic carbocycles. The highest BCUT2D eigenvalue weighted by Gasteiger charge is 2.09. The topological polar surface area (TPSA) is 29.9 Å². The van der Waals surface area contributed by atoms with Crippen LogP contribution < -0.4 is 5.32 Å². The SMILES string of the molecule is CNC(CCCc1cc(C)nn1C)c1ccccc1. The predicted molar refractivity (Wildman–Crippen MR) is 79.1 cm³/mol. The smallest absolute Gasteiger partial charge is 0.0596 e. The summed E-state index contributed by atoms with van der Waals surface area (Å²) < 4.78 is 1.99. The van der Waals surface area contributed by atoms with Crippen molar-refractivity contribution in [2.45, 2.75) is 32.2 Å². The first-order chi connectivity index (χ1) is 9.20. The van der Waals surface area contributed by atoms with E-state index in [1.54, 1.807) is 0 Å². The van der Waals surface area contributed by atoms with Gasteiger partial charge in [-0.3, -0.25) is 4.68 Å². The highest BCUT2D eigenvalue weighted by molar-refractivity contribution is 5.18. The van der Waals surface area contributed by atoms with Crippen LogP contribution in [0.2, 0.25) is 0 Å². The molecule has 0 radical (unpaired) electrons. The van der Waals surface area contributed by atoms with E-state index in [1.807, 2.05) is 25.7 Å². The van der Waals surface area contributed by atoms with Crippen LogP contribution in [0.25, 0.3) is 0 Å². The third-order valence-corrected chi connectivity index (χ3v) is 3.58. The zero-order valence-electron chi connectivity index (χ0n) is 12.1. The minimum Gasteiger partial charge on any atom is -0.313 e. The second kappa shape index (κ2) is 6.53. The first-order valence-corrected chi connectivity index (χ1v) is 6.92. The molecule has 0 saturated carbocycles. The van der Waals surface area contributed by atoms with Gasteiger partial charge in [-0.1, -0.05) is 30.3 Å². The summed E-state index contributed by atoms with van der Waals surface area (Å²) in [5.41, 5.74) is 3.79. The summed E-state index contributed by atoms with van der Waals surface area (Å²) in [6.07, 6.45) is 3.40. The standard InChI is InChI=1S/C16H23N3/c1-13-12-15(19(3)18-13)10-7-11-16(17-2)14-8-5-4-6-9-14/h4-6,8-9,12,16-17H,7,10-11H2,1-3H3. The van der Waals surface area contributed by atoms with E-state index in [-0.39, 0.29) is 0 Å². The fraction of sp³-hybridized carbons (Fsp3) is 0.438. The minimum atomic E-state index is 0.440. The molecule has 0 spiro atoms. The van der Waals surface area contributed by atoms with E-state index in [2.05, 4.69) is 46.8 Å². The zero-order chi connectivity index (χ0) is 13.7. The van der Waals surface area contributed by atoms with Gasteiger partial charge < -0.3 is 5.32 Å². The Labute approximate surface area is 115 Å². The van der Waals surface area contributed by atoms with Crippen molar-refractivity contribution in [2.75, 3.05) is 7.05 Å². The maximum Gasteiger partial charge on any atom is 0.0596 e. The predicted octanol–water partition coefficient (Wildman–Crippen LogP) is 3.01. The number of nitrogens with zero attached hydrogens (tertiary/aromatic N) is 2. The van der Waals surface area contributed by atoms with Gasteiger partial charge in [0.1, 0.15) is 0 Å². The van der Waals surface area contributed by atoms with Crippen molar-refractivity contribution in [3.8, 4) is 0 Å². The molecule has 1 aromatic heterocycles. The van der Waals surface area contributed by atoms with E-state index in [9.17, 15) is 0 Å². The summed E-state index contributed by atoms with van der Waals surface area (Å²) in [6.45, 7) is 2.05. The summed E-state index contributed by atoms with van der Waals surface area (Å²) in [6, 6.07) is 13.3. The van der Waals surface area contributed by atoms with Gasteiger partial charge in [0.25, 0.3) is 0 Å². The van der Waals surface area contributed by atoms with Crippen LogP contribution in [0.4, 0.5) is 0 Å². The van der Waals surface area contributed by atoms with E-state index in [4.69, 9.17) is 0 Å². The number of nitrogens with one attached hydrogen (secondary N) is 1. The van der Waals surface area contributed by atoms with E-state index in [0.717, 1.165) is 18.5 Å². The second-order valence-electron chi connectivity index (χ2n) is 5.04. The first kappa shape index (κ1) is 13.8. The fourth-order valence-corrected chi connectivity index (χ4v) is 2.55. The van der Waals surface area contributed by atoms with Crippen LogP contribution in [-0.4, -0.2) is 16.8 Å². The molecule has 0 fully saturated rings. The van der Waals surface area contributed by atoms with Crippen molar-refractivity contribution in [1.82, 2.24) is 15.1 Å². The van der Waals surface area contributed by atoms with Crippen LogP contribution in [0.1, 0.15) is 35.8 Å². The lowest BCUT2D eigenvalue weighted by Gasteiger charge is -2.16. The average molecular weight is 257 g/mol. The second-order valence-corrected chi connectivity index (χ2v) is 5.04. The lowest BCUT2D eigenvalue weighted by molar-refractivity contribution is 0.520.